The molecular weight excluding hydrogens is 242 g/mol. The average Bonchev–Trinajstić information content (AvgIpc) is 2.88. The van der Waals surface area contributed by atoms with E-state index in [4.69, 9.17) is 5.73 Å². The lowest BCUT2D eigenvalue weighted by Crippen LogP contribution is -2.49. The van der Waals surface area contributed by atoms with Crippen LogP contribution in [0.1, 0.15) is 32.0 Å². The Kier molecular flexibility index (Phi) is 3.26. The van der Waals surface area contributed by atoms with E-state index in [0.717, 1.165) is 38.2 Å². The Balaban J connectivity index is 1.71. The van der Waals surface area contributed by atoms with Crippen molar-refractivity contribution in [2.75, 3.05) is 6.54 Å². The summed E-state index contributed by atoms with van der Waals surface area (Å²) >= 11 is 0. The summed E-state index contributed by atoms with van der Waals surface area (Å²) in [7, 11) is 0. The van der Waals surface area contributed by atoms with Crippen molar-refractivity contribution in [3.05, 3.63) is 12.2 Å². The topological polar surface area (TPSA) is 77.0 Å². The van der Waals surface area contributed by atoms with E-state index in [9.17, 15) is 4.79 Å². The molecule has 0 radical (unpaired) electrons. The lowest BCUT2D eigenvalue weighted by molar-refractivity contribution is -0.139. The van der Waals surface area contributed by atoms with Gasteiger partial charge in [-0.1, -0.05) is 6.92 Å². The van der Waals surface area contributed by atoms with Crippen molar-refractivity contribution in [3.63, 3.8) is 0 Å². The van der Waals surface area contributed by atoms with E-state index in [2.05, 4.69) is 17.1 Å². The molecule has 2 heterocycles. The zero-order valence-corrected chi connectivity index (χ0v) is 11.3. The van der Waals surface area contributed by atoms with Gasteiger partial charge in [0.2, 0.25) is 5.91 Å². The highest BCUT2D eigenvalue weighted by Crippen LogP contribution is 2.30. The number of hydrogen-bond acceptors (Lipinski definition) is 4. The zero-order chi connectivity index (χ0) is 13.4. The van der Waals surface area contributed by atoms with Gasteiger partial charge in [0.15, 0.2) is 5.82 Å². The molecule has 1 aromatic rings. The number of fused-ring (bicyclic) bond motifs is 1. The molecule has 0 aromatic carbocycles. The van der Waals surface area contributed by atoms with E-state index in [1.165, 1.54) is 0 Å². The molecule has 104 valence electrons. The maximum absolute atomic E-state index is 12.6. The van der Waals surface area contributed by atoms with E-state index >= 15 is 0 Å². The Morgan fingerprint density at radius 3 is 3.11 bits per heavy atom. The molecule has 0 spiro atoms. The number of hydrogen-bond donors (Lipinski definition) is 1. The molecular formula is C13H21N5O. The smallest absolute Gasteiger partial charge is 0.227 e. The van der Waals surface area contributed by atoms with Crippen LogP contribution in [0.15, 0.2) is 6.33 Å². The van der Waals surface area contributed by atoms with Gasteiger partial charge in [-0.25, -0.2) is 0 Å². The van der Waals surface area contributed by atoms with Crippen molar-refractivity contribution in [1.82, 2.24) is 19.7 Å². The minimum atomic E-state index is -0.0155. The van der Waals surface area contributed by atoms with Gasteiger partial charge in [-0.05, 0) is 25.2 Å². The first-order valence-electron chi connectivity index (χ1n) is 7.06. The first-order valence-corrected chi connectivity index (χ1v) is 7.06. The van der Waals surface area contributed by atoms with Gasteiger partial charge in [0, 0.05) is 19.1 Å². The maximum atomic E-state index is 12.6. The number of carbonyl (C=O) groups is 1. The number of carbonyl (C=O) groups excluding carboxylic acids is 1. The van der Waals surface area contributed by atoms with Crippen molar-refractivity contribution in [1.29, 1.82) is 0 Å². The Morgan fingerprint density at radius 1 is 1.42 bits per heavy atom. The quantitative estimate of drug-likeness (QED) is 0.795. The van der Waals surface area contributed by atoms with Crippen LogP contribution >= 0.6 is 0 Å². The highest BCUT2D eigenvalue weighted by Gasteiger charge is 2.35. The monoisotopic (exact) mass is 263 g/mol. The molecule has 6 heteroatoms. The molecule has 0 bridgehead atoms. The molecule has 19 heavy (non-hydrogen) atoms. The van der Waals surface area contributed by atoms with Crippen LogP contribution in [0.2, 0.25) is 0 Å². The van der Waals surface area contributed by atoms with Crippen molar-refractivity contribution >= 4 is 5.91 Å². The lowest BCUT2D eigenvalue weighted by atomic mass is 9.78. The van der Waals surface area contributed by atoms with Crippen molar-refractivity contribution in [2.24, 2.45) is 17.6 Å². The number of amides is 1. The standard InChI is InChI=1S/C13H21N5O/c1-9-2-3-11(14)10(6-9)13(19)17-4-5-18-8-15-16-12(18)7-17/h8-11H,2-7,14H2,1H3. The molecule has 1 aromatic heterocycles. The first kappa shape index (κ1) is 12.6. The minimum absolute atomic E-state index is 0.0155. The predicted molar refractivity (Wildman–Crippen MR) is 69.9 cm³/mol. The van der Waals surface area contributed by atoms with E-state index in [0.29, 0.717) is 12.5 Å². The van der Waals surface area contributed by atoms with Gasteiger partial charge in [-0.3, -0.25) is 4.79 Å². The van der Waals surface area contributed by atoms with E-state index in [1.54, 1.807) is 6.33 Å². The van der Waals surface area contributed by atoms with E-state index in [-0.39, 0.29) is 17.9 Å². The van der Waals surface area contributed by atoms with Crippen molar-refractivity contribution in [3.8, 4) is 0 Å². The lowest BCUT2D eigenvalue weighted by Gasteiger charge is -2.36. The molecule has 3 unspecified atom stereocenters. The summed E-state index contributed by atoms with van der Waals surface area (Å²) in [5, 5.41) is 7.94. The predicted octanol–water partition coefficient (Wildman–Crippen LogP) is 0.384. The third-order valence-electron chi connectivity index (χ3n) is 4.43. The molecule has 3 rings (SSSR count). The summed E-state index contributed by atoms with van der Waals surface area (Å²) in [6.07, 6.45) is 4.75. The van der Waals surface area contributed by atoms with Crippen molar-refractivity contribution < 1.29 is 4.79 Å². The highest BCUT2D eigenvalue weighted by molar-refractivity contribution is 5.79. The third kappa shape index (κ3) is 2.36. The SMILES string of the molecule is CC1CCC(N)C(C(=O)N2CCn3cnnc3C2)C1. The first-order chi connectivity index (χ1) is 9.15. The molecule has 1 fully saturated rings. The second-order valence-corrected chi connectivity index (χ2v) is 5.89. The summed E-state index contributed by atoms with van der Waals surface area (Å²) in [6, 6.07) is 0.0171. The van der Waals surface area contributed by atoms with Gasteiger partial charge in [0.1, 0.15) is 6.33 Å². The molecule has 6 nitrogen and oxygen atoms in total. The van der Waals surface area contributed by atoms with Gasteiger partial charge in [0.25, 0.3) is 0 Å². The van der Waals surface area contributed by atoms with Gasteiger partial charge in [-0.2, -0.15) is 0 Å². The second kappa shape index (κ2) is 4.92. The van der Waals surface area contributed by atoms with Crippen LogP contribution in [-0.2, 0) is 17.9 Å². The molecule has 2 aliphatic rings. The number of rotatable bonds is 1. The maximum Gasteiger partial charge on any atom is 0.227 e. The Labute approximate surface area is 113 Å². The molecule has 1 aliphatic carbocycles. The van der Waals surface area contributed by atoms with Crippen molar-refractivity contribution in [2.45, 2.75) is 45.3 Å². The summed E-state index contributed by atoms with van der Waals surface area (Å²) in [6.45, 7) is 4.29. The van der Waals surface area contributed by atoms with E-state index < -0.39 is 0 Å². The Morgan fingerprint density at radius 2 is 2.26 bits per heavy atom. The minimum Gasteiger partial charge on any atom is -0.333 e. The molecule has 2 N–H and O–H groups in total. The molecule has 1 saturated carbocycles. The van der Waals surface area contributed by atoms with Gasteiger partial charge in [0.05, 0.1) is 12.5 Å². The van der Waals surface area contributed by atoms with Crippen LogP contribution < -0.4 is 5.73 Å². The third-order valence-corrected chi connectivity index (χ3v) is 4.43. The largest absolute Gasteiger partial charge is 0.333 e. The average molecular weight is 263 g/mol. The molecule has 1 amide bonds. The summed E-state index contributed by atoms with van der Waals surface area (Å²) < 4.78 is 2.01. The van der Waals surface area contributed by atoms with Gasteiger partial charge >= 0.3 is 0 Å². The number of aromatic nitrogens is 3. The summed E-state index contributed by atoms with van der Waals surface area (Å²) in [5.41, 5.74) is 6.14. The fourth-order valence-electron chi connectivity index (χ4n) is 3.18. The normalized spacial score (nSPS) is 31.1. The van der Waals surface area contributed by atoms with Crippen LogP contribution in [0.5, 0.6) is 0 Å². The molecule has 1 aliphatic heterocycles. The Bertz CT molecular complexity index is 471. The highest BCUT2D eigenvalue weighted by atomic mass is 16.2. The fourth-order valence-corrected chi connectivity index (χ4v) is 3.18. The van der Waals surface area contributed by atoms with Crippen LogP contribution in [0.25, 0.3) is 0 Å². The van der Waals surface area contributed by atoms with E-state index in [1.807, 2.05) is 9.47 Å². The molecule has 3 atom stereocenters. The van der Waals surface area contributed by atoms with Crippen LogP contribution in [0.4, 0.5) is 0 Å². The second-order valence-electron chi connectivity index (χ2n) is 5.89. The number of nitrogens with two attached hydrogens (primary N) is 1. The van der Waals surface area contributed by atoms with Crippen LogP contribution in [0, 0.1) is 11.8 Å². The van der Waals surface area contributed by atoms with Gasteiger partial charge < -0.3 is 15.2 Å². The fraction of sp³-hybridized carbons (Fsp3) is 0.769. The zero-order valence-electron chi connectivity index (χ0n) is 11.3. The molecule has 0 saturated heterocycles. The van der Waals surface area contributed by atoms with Gasteiger partial charge in [-0.15, -0.1) is 10.2 Å². The van der Waals surface area contributed by atoms with Crippen LogP contribution in [0.3, 0.4) is 0 Å². The number of nitrogens with zero attached hydrogens (tertiary/aromatic N) is 4. The summed E-state index contributed by atoms with van der Waals surface area (Å²) in [5.74, 6) is 1.66. The summed E-state index contributed by atoms with van der Waals surface area (Å²) in [4.78, 5) is 14.5. The van der Waals surface area contributed by atoms with Crippen LogP contribution in [-0.4, -0.2) is 38.2 Å². The Hall–Kier alpha value is -1.43.